The normalized spacial score (nSPS) is 11.1. The molecule has 5 rings (SSSR count). The maximum atomic E-state index is 5.54. The Morgan fingerprint density at radius 2 is 1.53 bits per heavy atom. The highest BCUT2D eigenvalue weighted by molar-refractivity contribution is 6.11. The zero-order valence-electron chi connectivity index (χ0n) is 17.0. The van der Waals surface area contributed by atoms with Crippen molar-refractivity contribution in [1.29, 1.82) is 0 Å². The van der Waals surface area contributed by atoms with Crippen LogP contribution in [0.1, 0.15) is 5.56 Å². The van der Waals surface area contributed by atoms with Crippen molar-refractivity contribution in [3.05, 3.63) is 90.6 Å². The highest BCUT2D eigenvalue weighted by Gasteiger charge is 2.17. The minimum atomic E-state index is 0.694. The van der Waals surface area contributed by atoms with Crippen molar-refractivity contribution in [2.45, 2.75) is 6.54 Å². The van der Waals surface area contributed by atoms with Crippen molar-refractivity contribution < 1.29 is 9.47 Å². The molecule has 0 radical (unpaired) electrons. The fraction of sp³-hybridized carbons (Fsp3) is 0.115. The van der Waals surface area contributed by atoms with Gasteiger partial charge in [0.2, 0.25) is 0 Å². The Morgan fingerprint density at radius 1 is 0.767 bits per heavy atom. The Morgan fingerprint density at radius 3 is 2.33 bits per heavy atom. The van der Waals surface area contributed by atoms with E-state index in [2.05, 4.69) is 59.2 Å². The average molecular weight is 394 g/mol. The SMILES string of the molecule is COc1ccc(-c2nccc3c4ccccc4n(Cc4ccccc4)c23)cc1OC. The molecule has 3 aromatic carbocycles. The van der Waals surface area contributed by atoms with Gasteiger partial charge in [-0.1, -0.05) is 48.5 Å². The number of hydrogen-bond donors (Lipinski definition) is 0. The number of hydrogen-bond acceptors (Lipinski definition) is 3. The van der Waals surface area contributed by atoms with Gasteiger partial charge in [0.15, 0.2) is 11.5 Å². The minimum absolute atomic E-state index is 0.694. The van der Waals surface area contributed by atoms with Gasteiger partial charge in [0.25, 0.3) is 0 Å². The molecule has 0 unspecified atom stereocenters. The first kappa shape index (κ1) is 18.3. The standard InChI is InChI=1S/C26H22N2O2/c1-29-23-13-12-19(16-24(23)30-2)25-26-21(14-15-27-25)20-10-6-7-11-22(20)28(26)17-18-8-4-3-5-9-18/h3-16H,17H2,1-2H3. The molecule has 0 aliphatic carbocycles. The number of benzene rings is 3. The van der Waals surface area contributed by atoms with Crippen molar-refractivity contribution in [3.8, 4) is 22.8 Å². The Balaban J connectivity index is 1.80. The third-order valence-corrected chi connectivity index (χ3v) is 5.52. The van der Waals surface area contributed by atoms with E-state index in [0.29, 0.717) is 11.5 Å². The summed E-state index contributed by atoms with van der Waals surface area (Å²) in [5, 5.41) is 2.42. The van der Waals surface area contributed by atoms with Crippen LogP contribution in [-0.2, 0) is 6.54 Å². The molecule has 2 aromatic heterocycles. The summed E-state index contributed by atoms with van der Waals surface area (Å²) >= 11 is 0. The van der Waals surface area contributed by atoms with Gasteiger partial charge in [-0.25, -0.2) is 0 Å². The van der Waals surface area contributed by atoms with E-state index >= 15 is 0 Å². The summed E-state index contributed by atoms with van der Waals surface area (Å²) in [5.74, 6) is 1.40. The lowest BCUT2D eigenvalue weighted by Gasteiger charge is -2.13. The van der Waals surface area contributed by atoms with E-state index in [1.807, 2.05) is 30.5 Å². The Kier molecular flexibility index (Phi) is 4.60. The van der Waals surface area contributed by atoms with Gasteiger partial charge in [0, 0.05) is 34.6 Å². The predicted octanol–water partition coefficient (Wildman–Crippen LogP) is 5.92. The molecule has 0 fully saturated rings. The van der Waals surface area contributed by atoms with Crippen LogP contribution in [0.2, 0.25) is 0 Å². The van der Waals surface area contributed by atoms with Crippen LogP contribution in [0.25, 0.3) is 33.1 Å². The maximum Gasteiger partial charge on any atom is 0.161 e. The van der Waals surface area contributed by atoms with Crippen LogP contribution in [0.15, 0.2) is 85.1 Å². The van der Waals surface area contributed by atoms with Crippen LogP contribution in [-0.4, -0.2) is 23.8 Å². The summed E-state index contributed by atoms with van der Waals surface area (Å²) in [4.78, 5) is 4.79. The van der Waals surface area contributed by atoms with Gasteiger partial charge in [0.1, 0.15) is 0 Å². The second-order valence-corrected chi connectivity index (χ2v) is 7.21. The van der Waals surface area contributed by atoms with E-state index in [4.69, 9.17) is 14.5 Å². The number of rotatable bonds is 5. The topological polar surface area (TPSA) is 36.3 Å². The summed E-state index contributed by atoms with van der Waals surface area (Å²) in [6, 6.07) is 27.1. The summed E-state index contributed by atoms with van der Waals surface area (Å²) in [6.45, 7) is 0.775. The molecule has 0 aliphatic heterocycles. The molecule has 2 heterocycles. The average Bonchev–Trinajstić information content (AvgIpc) is 3.13. The zero-order chi connectivity index (χ0) is 20.5. The van der Waals surface area contributed by atoms with Crippen molar-refractivity contribution in [1.82, 2.24) is 9.55 Å². The quantitative estimate of drug-likeness (QED) is 0.371. The first-order valence-corrected chi connectivity index (χ1v) is 9.92. The highest BCUT2D eigenvalue weighted by Crippen LogP contribution is 2.38. The third-order valence-electron chi connectivity index (χ3n) is 5.52. The third kappa shape index (κ3) is 2.98. The van der Waals surface area contributed by atoms with E-state index in [1.165, 1.54) is 21.9 Å². The molecule has 148 valence electrons. The number of pyridine rings is 1. The van der Waals surface area contributed by atoms with Crippen LogP contribution >= 0.6 is 0 Å². The second-order valence-electron chi connectivity index (χ2n) is 7.21. The van der Waals surface area contributed by atoms with E-state index in [0.717, 1.165) is 23.3 Å². The summed E-state index contributed by atoms with van der Waals surface area (Å²) < 4.78 is 13.3. The van der Waals surface area contributed by atoms with E-state index in [1.54, 1.807) is 14.2 Å². The fourth-order valence-electron chi connectivity index (χ4n) is 4.13. The van der Waals surface area contributed by atoms with Crippen molar-refractivity contribution in [3.63, 3.8) is 0 Å². The van der Waals surface area contributed by atoms with Gasteiger partial charge in [-0.2, -0.15) is 0 Å². The lowest BCUT2D eigenvalue weighted by molar-refractivity contribution is 0.355. The number of nitrogens with zero attached hydrogens (tertiary/aromatic N) is 2. The second kappa shape index (κ2) is 7.56. The molecule has 0 atom stereocenters. The van der Waals surface area contributed by atoms with Gasteiger partial charge in [-0.15, -0.1) is 0 Å². The van der Waals surface area contributed by atoms with Gasteiger partial charge in [-0.3, -0.25) is 4.98 Å². The lowest BCUT2D eigenvalue weighted by Crippen LogP contribution is -2.01. The van der Waals surface area contributed by atoms with Crippen LogP contribution in [0.5, 0.6) is 11.5 Å². The minimum Gasteiger partial charge on any atom is -0.493 e. The maximum absolute atomic E-state index is 5.54. The van der Waals surface area contributed by atoms with Gasteiger partial charge in [-0.05, 0) is 35.9 Å². The molecule has 0 saturated carbocycles. The van der Waals surface area contributed by atoms with E-state index in [-0.39, 0.29) is 0 Å². The predicted molar refractivity (Wildman–Crippen MR) is 121 cm³/mol. The molecule has 0 N–H and O–H groups in total. The monoisotopic (exact) mass is 394 g/mol. The van der Waals surface area contributed by atoms with Crippen LogP contribution in [0.4, 0.5) is 0 Å². The van der Waals surface area contributed by atoms with Gasteiger partial charge >= 0.3 is 0 Å². The lowest BCUT2D eigenvalue weighted by atomic mass is 10.1. The van der Waals surface area contributed by atoms with Crippen molar-refractivity contribution >= 4 is 21.8 Å². The van der Waals surface area contributed by atoms with E-state index in [9.17, 15) is 0 Å². The zero-order valence-corrected chi connectivity index (χ0v) is 17.0. The highest BCUT2D eigenvalue weighted by atomic mass is 16.5. The number of methoxy groups -OCH3 is 2. The first-order chi connectivity index (χ1) is 14.8. The molecular weight excluding hydrogens is 372 g/mol. The van der Waals surface area contributed by atoms with Crippen molar-refractivity contribution in [2.24, 2.45) is 0 Å². The molecular formula is C26H22N2O2. The van der Waals surface area contributed by atoms with Crippen LogP contribution < -0.4 is 9.47 Å². The molecule has 0 saturated heterocycles. The fourth-order valence-corrected chi connectivity index (χ4v) is 4.13. The van der Waals surface area contributed by atoms with Crippen LogP contribution in [0, 0.1) is 0 Å². The van der Waals surface area contributed by atoms with Gasteiger partial charge in [0.05, 0.1) is 25.4 Å². The largest absolute Gasteiger partial charge is 0.493 e. The molecule has 0 amide bonds. The summed E-state index contributed by atoms with van der Waals surface area (Å²) in [6.07, 6.45) is 1.88. The molecule has 30 heavy (non-hydrogen) atoms. The first-order valence-electron chi connectivity index (χ1n) is 9.92. The smallest absolute Gasteiger partial charge is 0.161 e. The number of para-hydroxylation sites is 1. The Labute approximate surface area is 175 Å². The molecule has 0 spiro atoms. The van der Waals surface area contributed by atoms with Crippen LogP contribution in [0.3, 0.4) is 0 Å². The van der Waals surface area contributed by atoms with E-state index < -0.39 is 0 Å². The number of aromatic nitrogens is 2. The summed E-state index contributed by atoms with van der Waals surface area (Å²) in [5.41, 5.74) is 5.50. The summed E-state index contributed by atoms with van der Waals surface area (Å²) in [7, 11) is 3.30. The number of fused-ring (bicyclic) bond motifs is 3. The number of ether oxygens (including phenoxy) is 2. The molecule has 0 bridgehead atoms. The molecule has 5 aromatic rings. The molecule has 0 aliphatic rings. The Hall–Kier alpha value is -3.79. The Bertz CT molecular complexity index is 1340. The van der Waals surface area contributed by atoms with Crippen molar-refractivity contribution in [2.75, 3.05) is 14.2 Å². The van der Waals surface area contributed by atoms with Gasteiger partial charge < -0.3 is 14.0 Å². The molecule has 4 heteroatoms. The molecule has 4 nitrogen and oxygen atoms in total.